The molecule has 20 heavy (non-hydrogen) atoms. The van der Waals surface area contributed by atoms with Crippen molar-refractivity contribution in [3.8, 4) is 0 Å². The molecule has 0 aliphatic heterocycles. The van der Waals surface area contributed by atoms with Gasteiger partial charge in [-0.2, -0.15) is 0 Å². The lowest BCUT2D eigenvalue weighted by Crippen LogP contribution is -1.94. The van der Waals surface area contributed by atoms with E-state index in [2.05, 4.69) is 19.9 Å². The van der Waals surface area contributed by atoms with Crippen LogP contribution in [-0.2, 0) is 13.1 Å². The Morgan fingerprint density at radius 3 is 1.55 bits per heavy atom. The molecule has 0 fully saturated rings. The van der Waals surface area contributed by atoms with Gasteiger partial charge in [-0.3, -0.25) is 9.59 Å². The SMILES string of the molecule is [2H]C([2H])(O)c1cnc(C(C)=O)[nH]1.[2H]C([2H])(O)c1cnc(C(C)=O)[nH]1. The Morgan fingerprint density at radius 1 is 1.05 bits per heavy atom. The molecule has 2 aromatic heterocycles. The van der Waals surface area contributed by atoms with E-state index in [1.54, 1.807) is 0 Å². The summed E-state index contributed by atoms with van der Waals surface area (Å²) in [5, 5.41) is 17.7. The molecule has 108 valence electrons. The molecule has 0 aromatic carbocycles. The van der Waals surface area contributed by atoms with Gasteiger partial charge in [0.05, 0.1) is 42.4 Å². The van der Waals surface area contributed by atoms with Crippen LogP contribution in [0.25, 0.3) is 0 Å². The van der Waals surface area contributed by atoms with Gasteiger partial charge in [0, 0.05) is 13.8 Å². The number of ketones is 2. The normalized spacial score (nSPS) is 14.2. The number of nitrogens with one attached hydrogen (secondary N) is 2. The number of H-pyrrole nitrogens is 2. The van der Waals surface area contributed by atoms with Crippen molar-refractivity contribution in [3.63, 3.8) is 0 Å². The maximum atomic E-state index is 10.7. The lowest BCUT2D eigenvalue weighted by Gasteiger charge is -1.85. The van der Waals surface area contributed by atoms with Crippen LogP contribution in [0.4, 0.5) is 0 Å². The van der Waals surface area contributed by atoms with Crippen molar-refractivity contribution in [2.75, 3.05) is 0 Å². The monoisotopic (exact) mass is 284 g/mol. The van der Waals surface area contributed by atoms with Crippen LogP contribution in [0.3, 0.4) is 0 Å². The molecule has 0 bridgehead atoms. The summed E-state index contributed by atoms with van der Waals surface area (Å²) in [6.07, 6.45) is 2.19. The van der Waals surface area contributed by atoms with Crippen LogP contribution >= 0.6 is 0 Å². The average molecular weight is 284 g/mol. The van der Waals surface area contributed by atoms with E-state index in [0.717, 1.165) is 12.4 Å². The predicted molar refractivity (Wildman–Crippen MR) is 69.0 cm³/mol. The molecule has 0 saturated heterocycles. The van der Waals surface area contributed by atoms with Gasteiger partial charge in [-0.1, -0.05) is 0 Å². The van der Waals surface area contributed by atoms with E-state index in [1.807, 2.05) is 0 Å². The van der Waals surface area contributed by atoms with Gasteiger partial charge >= 0.3 is 0 Å². The standard InChI is InChI=1S/2C6H8N2O2/c2*1-4(10)6-7-2-5(3-9)8-6/h2*2,9H,3H2,1H3,(H,7,8)/i2*3D2. The smallest absolute Gasteiger partial charge is 0.194 e. The number of hydrogen-bond acceptors (Lipinski definition) is 6. The third-order valence-electron chi connectivity index (χ3n) is 2.06. The zero-order chi connectivity index (χ0) is 18.7. The van der Waals surface area contributed by atoms with Gasteiger partial charge in [0.1, 0.15) is 0 Å². The Bertz CT molecular complexity index is 668. The molecule has 0 radical (unpaired) electrons. The van der Waals surface area contributed by atoms with Crippen LogP contribution in [0.1, 0.15) is 52.0 Å². The maximum Gasteiger partial charge on any atom is 0.194 e. The number of Topliss-reactive ketones (excluding diaryl/α,β-unsaturated/α-hetero) is 2. The Balaban J connectivity index is 0.000000240. The Morgan fingerprint density at radius 2 is 1.40 bits per heavy atom. The first-order valence-electron chi connectivity index (χ1n) is 7.40. The van der Waals surface area contributed by atoms with E-state index in [0.29, 0.717) is 0 Å². The maximum absolute atomic E-state index is 10.7. The fraction of sp³-hybridized carbons (Fsp3) is 0.333. The van der Waals surface area contributed by atoms with Crippen molar-refractivity contribution in [1.29, 1.82) is 0 Å². The second-order valence-electron chi connectivity index (χ2n) is 3.63. The Hall–Kier alpha value is -2.32. The van der Waals surface area contributed by atoms with Crippen LogP contribution in [0.15, 0.2) is 12.4 Å². The van der Waals surface area contributed by atoms with Crippen LogP contribution in [-0.4, -0.2) is 41.7 Å². The second-order valence-corrected chi connectivity index (χ2v) is 3.63. The number of hydrogen-bond donors (Lipinski definition) is 4. The molecular formula is C12H16N4O4. The van der Waals surface area contributed by atoms with Crippen molar-refractivity contribution in [2.24, 2.45) is 0 Å². The molecule has 0 spiro atoms. The number of aliphatic hydroxyl groups is 2. The lowest BCUT2D eigenvalue weighted by molar-refractivity contribution is 0.0996. The highest BCUT2D eigenvalue weighted by molar-refractivity contribution is 5.90. The van der Waals surface area contributed by atoms with Crippen LogP contribution in [0.2, 0.25) is 0 Å². The highest BCUT2D eigenvalue weighted by atomic mass is 16.3. The van der Waals surface area contributed by atoms with Crippen molar-refractivity contribution < 1.29 is 25.3 Å². The minimum atomic E-state index is -2.47. The van der Waals surface area contributed by atoms with E-state index in [9.17, 15) is 9.59 Å². The third-order valence-corrected chi connectivity index (χ3v) is 2.06. The fourth-order valence-electron chi connectivity index (χ4n) is 1.11. The van der Waals surface area contributed by atoms with Crippen molar-refractivity contribution in [3.05, 3.63) is 35.4 Å². The molecule has 4 N–H and O–H groups in total. The minimum Gasteiger partial charge on any atom is -0.390 e. The molecule has 2 aromatic rings. The molecule has 0 unspecified atom stereocenters. The van der Waals surface area contributed by atoms with E-state index in [-0.39, 0.29) is 34.6 Å². The number of nitrogens with zero attached hydrogens (tertiary/aromatic N) is 2. The highest BCUT2D eigenvalue weighted by Crippen LogP contribution is 1.97. The molecule has 8 heteroatoms. The summed E-state index contributed by atoms with van der Waals surface area (Å²) in [5.74, 6) is -0.512. The van der Waals surface area contributed by atoms with E-state index < -0.39 is 13.1 Å². The number of aromatic nitrogens is 4. The quantitative estimate of drug-likeness (QED) is 0.593. The van der Waals surface area contributed by atoms with Crippen LogP contribution < -0.4 is 0 Å². The first kappa shape index (κ1) is 10.5. The number of carbonyl (C=O) groups excluding carboxylic acids is 2. The molecule has 0 saturated carbocycles. The highest BCUT2D eigenvalue weighted by Gasteiger charge is 2.03. The van der Waals surface area contributed by atoms with Gasteiger partial charge in [0.2, 0.25) is 0 Å². The van der Waals surface area contributed by atoms with Crippen molar-refractivity contribution in [1.82, 2.24) is 19.9 Å². The van der Waals surface area contributed by atoms with Gasteiger partial charge in [0.25, 0.3) is 0 Å². The van der Waals surface area contributed by atoms with Crippen molar-refractivity contribution >= 4 is 11.6 Å². The molecule has 0 aliphatic rings. The summed E-state index contributed by atoms with van der Waals surface area (Å²) in [7, 11) is 0. The summed E-state index contributed by atoms with van der Waals surface area (Å²) < 4.78 is 27.5. The first-order valence-corrected chi connectivity index (χ1v) is 5.40. The average Bonchev–Trinajstić information content (AvgIpc) is 3.08. The van der Waals surface area contributed by atoms with Gasteiger partial charge < -0.3 is 20.2 Å². The van der Waals surface area contributed by atoms with Crippen LogP contribution in [0, 0.1) is 0 Å². The van der Waals surface area contributed by atoms with E-state index >= 15 is 0 Å². The molecular weight excluding hydrogens is 264 g/mol. The van der Waals surface area contributed by atoms with Crippen molar-refractivity contribution in [2.45, 2.75) is 27.0 Å². The molecule has 0 atom stereocenters. The molecule has 2 heterocycles. The fourth-order valence-corrected chi connectivity index (χ4v) is 1.11. The number of rotatable bonds is 4. The largest absolute Gasteiger partial charge is 0.390 e. The summed E-state index contributed by atoms with van der Waals surface area (Å²) in [6.45, 7) is -2.34. The zero-order valence-electron chi connectivity index (χ0n) is 14.8. The summed E-state index contributed by atoms with van der Waals surface area (Å²) in [6, 6.07) is 0. The first-order chi connectivity index (χ1) is 10.8. The molecule has 0 aliphatic carbocycles. The molecule has 2 rings (SSSR count). The summed E-state index contributed by atoms with van der Waals surface area (Å²) in [4.78, 5) is 33.3. The van der Waals surface area contributed by atoms with Crippen LogP contribution in [0.5, 0.6) is 0 Å². The Kier molecular flexibility index (Phi) is 3.83. The molecule has 0 amide bonds. The second kappa shape index (κ2) is 7.31. The number of carbonyl (C=O) groups is 2. The molecule has 8 nitrogen and oxygen atoms in total. The topological polar surface area (TPSA) is 132 Å². The summed E-state index contributed by atoms with van der Waals surface area (Å²) in [5.41, 5.74) is -0.236. The third kappa shape index (κ3) is 4.41. The number of aromatic amines is 2. The number of imidazole rings is 2. The van der Waals surface area contributed by atoms with Gasteiger partial charge in [-0.25, -0.2) is 9.97 Å². The predicted octanol–water partition coefficient (Wildman–Crippen LogP) is 0.209. The van der Waals surface area contributed by atoms with Gasteiger partial charge in [-0.05, 0) is 0 Å². The van der Waals surface area contributed by atoms with Gasteiger partial charge in [-0.15, -0.1) is 0 Å². The summed E-state index contributed by atoms with van der Waals surface area (Å²) >= 11 is 0. The Labute approximate surface area is 120 Å². The lowest BCUT2D eigenvalue weighted by atomic mass is 10.4. The zero-order valence-corrected chi connectivity index (χ0v) is 10.8. The van der Waals surface area contributed by atoms with E-state index in [4.69, 9.17) is 15.7 Å². The van der Waals surface area contributed by atoms with Gasteiger partial charge in [0.15, 0.2) is 23.2 Å². The van der Waals surface area contributed by atoms with E-state index in [1.165, 1.54) is 13.8 Å². The minimum absolute atomic E-state index is 0.0444.